The number of nitrogens with one attached hydrogen (secondary N) is 6. The Hall–Kier alpha value is -7.33. The lowest BCUT2D eigenvalue weighted by Gasteiger charge is -2.30. The van der Waals surface area contributed by atoms with Gasteiger partial charge in [0, 0.05) is 68.5 Å². The maximum atomic E-state index is 14.0. The van der Waals surface area contributed by atoms with E-state index in [-0.39, 0.29) is 118 Å². The predicted octanol–water partition coefficient (Wildman–Crippen LogP) is 0.913. The minimum absolute atomic E-state index is 0.0294. The van der Waals surface area contributed by atoms with Gasteiger partial charge < -0.3 is 77.5 Å². The van der Waals surface area contributed by atoms with Crippen molar-refractivity contribution in [2.24, 2.45) is 17.2 Å². The average molecular weight is 962 g/mol. The van der Waals surface area contributed by atoms with Gasteiger partial charge in [-0.15, -0.1) is 0 Å². The van der Waals surface area contributed by atoms with Gasteiger partial charge in [-0.2, -0.15) is 0 Å². The summed E-state index contributed by atoms with van der Waals surface area (Å²) in [7, 11) is 6.98. The van der Waals surface area contributed by atoms with Gasteiger partial charge in [0.1, 0.15) is 34.5 Å². The maximum absolute atomic E-state index is 14.0. The molecule has 69 heavy (non-hydrogen) atoms. The second-order valence-electron chi connectivity index (χ2n) is 16.4. The van der Waals surface area contributed by atoms with Crippen LogP contribution in [0, 0.1) is 0 Å². The SMILES string of the molecule is COc1cc(OC)c(C(=O)NC2CCC(NC(=O)c3cc(C(=O)NC4CCC(NC(=O)c5cc(C(=O)NCCN)c(OC)cc5OC)CC4)c(OCC(N)=O)cc3OC)CC2)cc1C(=O)NCCN. The number of hydrogen-bond acceptors (Lipinski definition) is 15. The van der Waals surface area contributed by atoms with Crippen LogP contribution in [-0.4, -0.2) is 134 Å². The fourth-order valence-corrected chi connectivity index (χ4v) is 8.24. The molecule has 2 aliphatic rings. The molecular formula is C47H63N9O13. The number of amides is 7. The second kappa shape index (κ2) is 25.2. The zero-order valence-electron chi connectivity index (χ0n) is 39.5. The third-order valence-corrected chi connectivity index (χ3v) is 11.8. The predicted molar refractivity (Wildman–Crippen MR) is 252 cm³/mol. The van der Waals surface area contributed by atoms with E-state index >= 15 is 0 Å². The quantitative estimate of drug-likeness (QED) is 0.0676. The van der Waals surface area contributed by atoms with Gasteiger partial charge in [0.05, 0.1) is 68.9 Å². The number of nitrogens with two attached hydrogens (primary N) is 3. The number of methoxy groups -OCH3 is 5. The van der Waals surface area contributed by atoms with Crippen molar-refractivity contribution in [1.29, 1.82) is 0 Å². The van der Waals surface area contributed by atoms with Gasteiger partial charge in [0.2, 0.25) is 0 Å². The van der Waals surface area contributed by atoms with Crippen LogP contribution in [0.2, 0.25) is 0 Å². The van der Waals surface area contributed by atoms with Gasteiger partial charge in [-0.1, -0.05) is 0 Å². The molecule has 0 aromatic heterocycles. The zero-order valence-corrected chi connectivity index (χ0v) is 39.5. The van der Waals surface area contributed by atoms with E-state index in [0.717, 1.165) is 0 Å². The molecule has 0 heterocycles. The third kappa shape index (κ3) is 13.7. The largest absolute Gasteiger partial charge is 0.496 e. The lowest BCUT2D eigenvalue weighted by Crippen LogP contribution is -2.44. The van der Waals surface area contributed by atoms with Crippen LogP contribution < -0.4 is 77.5 Å². The zero-order chi connectivity index (χ0) is 50.2. The van der Waals surface area contributed by atoms with E-state index < -0.39 is 48.0 Å². The van der Waals surface area contributed by atoms with Gasteiger partial charge in [-0.05, 0) is 69.6 Å². The van der Waals surface area contributed by atoms with Crippen LogP contribution in [0.15, 0.2) is 36.4 Å². The summed E-state index contributed by atoms with van der Waals surface area (Å²) >= 11 is 0. The van der Waals surface area contributed by atoms with Crippen molar-refractivity contribution in [2.75, 3.05) is 68.3 Å². The number of ether oxygens (including phenoxy) is 6. The Morgan fingerprint density at radius 1 is 0.420 bits per heavy atom. The van der Waals surface area contributed by atoms with Crippen LogP contribution in [0.5, 0.6) is 34.5 Å². The summed E-state index contributed by atoms with van der Waals surface area (Å²) in [6.45, 7) is 0.372. The second-order valence-corrected chi connectivity index (χ2v) is 16.4. The molecule has 12 N–H and O–H groups in total. The summed E-state index contributed by atoms with van der Waals surface area (Å²) in [6, 6.07) is 7.33. The topological polar surface area (TPSA) is 325 Å². The Morgan fingerprint density at radius 2 is 0.667 bits per heavy atom. The molecule has 3 aromatic rings. The van der Waals surface area contributed by atoms with Crippen molar-refractivity contribution in [3.8, 4) is 34.5 Å². The number of benzene rings is 3. The van der Waals surface area contributed by atoms with E-state index in [1.54, 1.807) is 0 Å². The molecule has 22 nitrogen and oxygen atoms in total. The smallest absolute Gasteiger partial charge is 0.255 e. The van der Waals surface area contributed by atoms with Crippen molar-refractivity contribution in [3.05, 3.63) is 69.8 Å². The Kier molecular flexibility index (Phi) is 19.2. The first kappa shape index (κ1) is 52.6. The van der Waals surface area contributed by atoms with Crippen LogP contribution in [-0.2, 0) is 4.79 Å². The van der Waals surface area contributed by atoms with Gasteiger partial charge in [-0.3, -0.25) is 33.6 Å². The Balaban J connectivity index is 1.22. The number of carbonyl (C=O) groups is 7. The Bertz CT molecular complexity index is 2360. The van der Waals surface area contributed by atoms with Crippen LogP contribution in [0.1, 0.15) is 114 Å². The van der Waals surface area contributed by atoms with Crippen LogP contribution in [0.3, 0.4) is 0 Å². The number of carbonyl (C=O) groups excluding carboxylic acids is 7. The summed E-state index contributed by atoms with van der Waals surface area (Å²) in [4.78, 5) is 92.3. The van der Waals surface area contributed by atoms with E-state index in [0.29, 0.717) is 51.4 Å². The molecule has 0 bridgehead atoms. The number of primary amides is 1. The maximum Gasteiger partial charge on any atom is 0.255 e. The van der Waals surface area contributed by atoms with Crippen LogP contribution in [0.4, 0.5) is 0 Å². The fourth-order valence-electron chi connectivity index (χ4n) is 8.24. The Labute approximate surface area is 399 Å². The van der Waals surface area contributed by atoms with Gasteiger partial charge in [-0.25, -0.2) is 0 Å². The van der Waals surface area contributed by atoms with E-state index in [9.17, 15) is 33.6 Å². The third-order valence-electron chi connectivity index (χ3n) is 11.8. The molecule has 2 fully saturated rings. The minimum Gasteiger partial charge on any atom is -0.496 e. The Morgan fingerprint density at radius 3 is 0.913 bits per heavy atom. The monoisotopic (exact) mass is 961 g/mol. The van der Waals surface area contributed by atoms with E-state index in [4.69, 9.17) is 45.6 Å². The summed E-state index contributed by atoms with van der Waals surface area (Å²) in [5.41, 5.74) is 17.0. The number of hydrogen-bond donors (Lipinski definition) is 9. The first-order valence-electron chi connectivity index (χ1n) is 22.5. The highest BCUT2D eigenvalue weighted by Crippen LogP contribution is 2.34. The van der Waals surface area contributed by atoms with Crippen molar-refractivity contribution in [1.82, 2.24) is 31.9 Å². The fraction of sp³-hybridized carbons (Fsp3) is 0.468. The molecule has 0 atom stereocenters. The molecule has 0 aliphatic heterocycles. The van der Waals surface area contributed by atoms with Crippen molar-refractivity contribution < 1.29 is 62.0 Å². The standard InChI is InChI=1S/C47H63N9O13/c1-64-35-21-37(66-3)31(18-29(35)42(58)51-16-14-48)44(60)53-25-6-8-27(9-7-25)55-46(62)33-20-34(40(23-39(33)68-5)69-24-41(50)57)47(63)56-28-12-10-26(11-13-28)54-45(61)32-19-30(43(59)52-17-15-49)36(65-2)22-38(32)67-4/h18-23,25-28H,6-17,24,48-49H2,1-5H3,(H2,50,57)(H,51,58)(H,52,59)(H,53,60)(H,54,61)(H,55,62)(H,56,63). The average Bonchev–Trinajstić information content (AvgIpc) is 3.36. The molecule has 7 amide bonds. The molecule has 22 heteroatoms. The summed E-state index contributed by atoms with van der Waals surface area (Å²) in [5.74, 6) is -2.76. The van der Waals surface area contributed by atoms with E-state index in [1.807, 2.05) is 0 Å². The molecular weight excluding hydrogens is 899 g/mol. The first-order chi connectivity index (χ1) is 33.2. The van der Waals surface area contributed by atoms with Crippen molar-refractivity contribution in [3.63, 3.8) is 0 Å². The minimum atomic E-state index is -0.786. The highest BCUT2D eigenvalue weighted by molar-refractivity contribution is 6.05. The van der Waals surface area contributed by atoms with E-state index in [1.165, 1.54) is 71.9 Å². The molecule has 0 saturated heterocycles. The normalized spacial score (nSPS) is 17.5. The summed E-state index contributed by atoms with van der Waals surface area (Å²) in [5, 5.41) is 17.4. The molecule has 0 unspecified atom stereocenters. The lowest BCUT2D eigenvalue weighted by molar-refractivity contribution is -0.120. The summed E-state index contributed by atoms with van der Waals surface area (Å²) < 4.78 is 32.8. The first-order valence-corrected chi connectivity index (χ1v) is 22.5. The lowest BCUT2D eigenvalue weighted by atomic mass is 9.90. The molecule has 2 aliphatic carbocycles. The molecule has 2 saturated carbocycles. The summed E-state index contributed by atoms with van der Waals surface area (Å²) in [6.07, 6.45) is 3.99. The molecule has 374 valence electrons. The highest BCUT2D eigenvalue weighted by Gasteiger charge is 2.31. The van der Waals surface area contributed by atoms with Crippen molar-refractivity contribution in [2.45, 2.75) is 75.5 Å². The molecule has 0 spiro atoms. The van der Waals surface area contributed by atoms with Crippen molar-refractivity contribution >= 4 is 41.4 Å². The van der Waals surface area contributed by atoms with Gasteiger partial charge >= 0.3 is 0 Å². The van der Waals surface area contributed by atoms with E-state index in [2.05, 4.69) is 31.9 Å². The molecule has 5 rings (SSSR count). The highest BCUT2D eigenvalue weighted by atomic mass is 16.5. The molecule has 0 radical (unpaired) electrons. The number of rotatable bonds is 22. The van der Waals surface area contributed by atoms with Crippen LogP contribution in [0.25, 0.3) is 0 Å². The van der Waals surface area contributed by atoms with Gasteiger partial charge in [0.25, 0.3) is 41.4 Å². The molecule has 3 aromatic carbocycles. The van der Waals surface area contributed by atoms with Gasteiger partial charge in [0.15, 0.2) is 6.61 Å². The van der Waals surface area contributed by atoms with Crippen LogP contribution >= 0.6 is 0 Å².